The zero-order chi connectivity index (χ0) is 11.5. The van der Waals surface area contributed by atoms with Gasteiger partial charge in [-0.2, -0.15) is 0 Å². The minimum Gasteiger partial charge on any atom is -0.396 e. The Bertz CT molecular complexity index is 484. The number of hydrogen-bond donors (Lipinski definition) is 1. The topological polar surface area (TPSA) is 55.0 Å². The molecule has 1 aromatic heterocycles. The first-order chi connectivity index (χ1) is 7.68. The van der Waals surface area contributed by atoms with Gasteiger partial charge in [0, 0.05) is 7.05 Å². The fraction of sp³-hybridized carbons (Fsp3) is 0.0909. The fourth-order valence-corrected chi connectivity index (χ4v) is 1.34. The third-order valence-corrected chi connectivity index (χ3v) is 2.17. The molecule has 0 saturated heterocycles. The Balaban J connectivity index is 2.35. The van der Waals surface area contributed by atoms with Crippen molar-refractivity contribution in [1.82, 2.24) is 9.97 Å². The van der Waals surface area contributed by atoms with Gasteiger partial charge in [-0.05, 0) is 12.1 Å². The summed E-state index contributed by atoms with van der Waals surface area (Å²) in [5.41, 5.74) is 6.38. The molecule has 4 nitrogen and oxygen atoms in total. The maximum atomic E-state index is 13.5. The van der Waals surface area contributed by atoms with Crippen molar-refractivity contribution in [2.24, 2.45) is 0 Å². The van der Waals surface area contributed by atoms with Crippen LogP contribution in [0.4, 0.5) is 21.7 Å². The predicted octanol–water partition coefficient (Wildman–Crippen LogP) is 1.97. The minimum absolute atomic E-state index is 0.314. The summed E-state index contributed by atoms with van der Waals surface area (Å²) in [4.78, 5) is 9.60. The first-order valence-electron chi connectivity index (χ1n) is 4.74. The lowest BCUT2D eigenvalue weighted by atomic mass is 10.3. The van der Waals surface area contributed by atoms with Gasteiger partial charge in [-0.1, -0.05) is 12.1 Å². The van der Waals surface area contributed by atoms with Crippen LogP contribution in [0.5, 0.6) is 0 Å². The van der Waals surface area contributed by atoms with E-state index in [1.807, 2.05) is 0 Å². The maximum Gasteiger partial charge on any atom is 0.229 e. The fourth-order valence-electron chi connectivity index (χ4n) is 1.34. The van der Waals surface area contributed by atoms with Gasteiger partial charge in [-0.15, -0.1) is 0 Å². The molecule has 0 atom stereocenters. The highest BCUT2D eigenvalue weighted by Crippen LogP contribution is 2.22. The molecular formula is C11H11FN4. The summed E-state index contributed by atoms with van der Waals surface area (Å²) in [5, 5.41) is 0. The van der Waals surface area contributed by atoms with Crippen molar-refractivity contribution in [1.29, 1.82) is 0 Å². The Kier molecular flexibility index (Phi) is 2.68. The number of benzene rings is 1. The van der Waals surface area contributed by atoms with Gasteiger partial charge in [0.15, 0.2) is 0 Å². The zero-order valence-electron chi connectivity index (χ0n) is 8.76. The van der Waals surface area contributed by atoms with Crippen LogP contribution < -0.4 is 10.6 Å². The highest BCUT2D eigenvalue weighted by atomic mass is 19.1. The summed E-state index contributed by atoms with van der Waals surface area (Å²) in [6.45, 7) is 0. The molecule has 2 N–H and O–H groups in total. The highest BCUT2D eigenvalue weighted by molar-refractivity contribution is 5.57. The molecule has 0 fully saturated rings. The molecule has 0 bridgehead atoms. The third-order valence-electron chi connectivity index (χ3n) is 2.17. The van der Waals surface area contributed by atoms with E-state index in [-0.39, 0.29) is 5.82 Å². The van der Waals surface area contributed by atoms with E-state index in [9.17, 15) is 4.39 Å². The van der Waals surface area contributed by atoms with Crippen LogP contribution in [0.3, 0.4) is 0 Å². The summed E-state index contributed by atoms with van der Waals surface area (Å²) in [7, 11) is 1.70. The van der Waals surface area contributed by atoms with Crippen LogP contribution in [-0.2, 0) is 0 Å². The van der Waals surface area contributed by atoms with Gasteiger partial charge in [0.1, 0.15) is 5.82 Å². The van der Waals surface area contributed by atoms with Gasteiger partial charge in [-0.3, -0.25) is 0 Å². The third kappa shape index (κ3) is 1.93. The Morgan fingerprint density at radius 3 is 2.44 bits per heavy atom. The van der Waals surface area contributed by atoms with Gasteiger partial charge in [0.25, 0.3) is 0 Å². The Morgan fingerprint density at radius 2 is 1.81 bits per heavy atom. The second-order valence-corrected chi connectivity index (χ2v) is 3.33. The number of anilines is 3. The van der Waals surface area contributed by atoms with Gasteiger partial charge in [0.2, 0.25) is 5.95 Å². The lowest BCUT2D eigenvalue weighted by Crippen LogP contribution is -2.14. The number of nitrogen functional groups attached to an aromatic ring is 1. The molecule has 0 radical (unpaired) electrons. The number of halogens is 1. The van der Waals surface area contributed by atoms with Gasteiger partial charge in [0.05, 0.1) is 23.8 Å². The predicted molar refractivity (Wildman–Crippen MR) is 60.9 cm³/mol. The SMILES string of the molecule is CN(c1ncc(N)cn1)c1ccccc1F. The molecule has 1 heterocycles. The van der Waals surface area contributed by atoms with Gasteiger partial charge in [-0.25, -0.2) is 14.4 Å². The Morgan fingerprint density at radius 1 is 1.19 bits per heavy atom. The van der Waals surface area contributed by atoms with Gasteiger partial charge < -0.3 is 10.6 Å². The smallest absolute Gasteiger partial charge is 0.229 e. The van der Waals surface area contributed by atoms with E-state index in [1.54, 1.807) is 30.1 Å². The van der Waals surface area contributed by atoms with Crippen LogP contribution in [0.15, 0.2) is 36.7 Å². The molecule has 0 aliphatic heterocycles. The van der Waals surface area contributed by atoms with Crippen LogP contribution in [0.25, 0.3) is 0 Å². The molecule has 1 aromatic carbocycles. The van der Waals surface area contributed by atoms with Crippen molar-refractivity contribution in [3.05, 3.63) is 42.5 Å². The van der Waals surface area contributed by atoms with Crippen molar-refractivity contribution in [2.75, 3.05) is 17.7 Å². The molecular weight excluding hydrogens is 207 g/mol. The summed E-state index contributed by atoms with van der Waals surface area (Å²) in [6.07, 6.45) is 2.97. The molecule has 0 amide bonds. The van der Waals surface area contributed by atoms with Crippen molar-refractivity contribution in [2.45, 2.75) is 0 Å². The number of nitrogens with two attached hydrogens (primary N) is 1. The van der Waals surface area contributed by atoms with Crippen molar-refractivity contribution < 1.29 is 4.39 Å². The summed E-state index contributed by atoms with van der Waals surface area (Å²) in [5.74, 6) is 0.0877. The first-order valence-corrected chi connectivity index (χ1v) is 4.74. The van der Waals surface area contributed by atoms with E-state index in [0.717, 1.165) is 0 Å². The largest absolute Gasteiger partial charge is 0.396 e. The molecule has 2 rings (SSSR count). The van der Waals surface area contributed by atoms with E-state index >= 15 is 0 Å². The molecule has 0 aliphatic carbocycles. The van der Waals surface area contributed by atoms with Crippen molar-refractivity contribution in [3.8, 4) is 0 Å². The number of para-hydroxylation sites is 1. The zero-order valence-corrected chi connectivity index (χ0v) is 8.76. The van der Waals surface area contributed by atoms with E-state index in [4.69, 9.17) is 5.73 Å². The first kappa shape index (κ1) is 10.4. The molecule has 16 heavy (non-hydrogen) atoms. The lowest BCUT2D eigenvalue weighted by Gasteiger charge is -2.17. The summed E-state index contributed by atoms with van der Waals surface area (Å²) in [6, 6.07) is 6.45. The lowest BCUT2D eigenvalue weighted by molar-refractivity contribution is 0.627. The van der Waals surface area contributed by atoms with Crippen LogP contribution in [-0.4, -0.2) is 17.0 Å². The number of aromatic nitrogens is 2. The second-order valence-electron chi connectivity index (χ2n) is 3.33. The highest BCUT2D eigenvalue weighted by Gasteiger charge is 2.10. The van der Waals surface area contributed by atoms with Crippen molar-refractivity contribution >= 4 is 17.3 Å². The average Bonchev–Trinajstić information content (AvgIpc) is 2.30. The van der Waals surface area contributed by atoms with E-state index in [1.165, 1.54) is 18.5 Å². The van der Waals surface area contributed by atoms with Crippen LogP contribution in [0.2, 0.25) is 0 Å². The molecule has 0 aliphatic rings. The molecule has 0 saturated carbocycles. The normalized spacial score (nSPS) is 10.1. The standard InChI is InChI=1S/C11H11FN4/c1-16(10-5-3-2-4-9(10)12)11-14-6-8(13)7-15-11/h2-7H,13H2,1H3. The van der Waals surface area contributed by atoms with Crippen molar-refractivity contribution in [3.63, 3.8) is 0 Å². The second kappa shape index (κ2) is 4.14. The average molecular weight is 218 g/mol. The van der Waals surface area contributed by atoms with E-state index in [0.29, 0.717) is 17.3 Å². The molecule has 0 spiro atoms. The number of nitrogens with zero attached hydrogens (tertiary/aromatic N) is 3. The molecule has 2 aromatic rings. The monoisotopic (exact) mass is 218 g/mol. The van der Waals surface area contributed by atoms with E-state index < -0.39 is 0 Å². The maximum absolute atomic E-state index is 13.5. The van der Waals surface area contributed by atoms with Crippen LogP contribution in [0, 0.1) is 5.82 Å². The Hall–Kier alpha value is -2.17. The summed E-state index contributed by atoms with van der Waals surface area (Å²) < 4.78 is 13.5. The minimum atomic E-state index is -0.314. The Labute approximate surface area is 92.6 Å². The van der Waals surface area contributed by atoms with Crippen LogP contribution in [0.1, 0.15) is 0 Å². The van der Waals surface area contributed by atoms with E-state index in [2.05, 4.69) is 9.97 Å². The molecule has 82 valence electrons. The molecule has 0 unspecified atom stereocenters. The quantitative estimate of drug-likeness (QED) is 0.837. The molecule has 5 heteroatoms. The van der Waals surface area contributed by atoms with Gasteiger partial charge >= 0.3 is 0 Å². The van der Waals surface area contributed by atoms with Crippen LogP contribution >= 0.6 is 0 Å². The number of hydrogen-bond acceptors (Lipinski definition) is 4. The number of rotatable bonds is 2. The summed E-state index contributed by atoms with van der Waals surface area (Å²) >= 11 is 0.